The third kappa shape index (κ3) is 6.69. The maximum Gasteiger partial charge on any atom is 0.191 e. The largest absolute Gasteiger partial charge is 0.356 e. The highest BCUT2D eigenvalue weighted by atomic mass is 127. The van der Waals surface area contributed by atoms with Gasteiger partial charge in [0, 0.05) is 35.8 Å². The minimum absolute atomic E-state index is 0. The summed E-state index contributed by atoms with van der Waals surface area (Å²) in [5.74, 6) is 0.911. The van der Waals surface area contributed by atoms with Crippen LogP contribution in [0.3, 0.4) is 0 Å². The number of aryl methyl sites for hydroxylation is 1. The first-order valence-electron chi connectivity index (χ1n) is 7.88. The molecule has 0 saturated heterocycles. The van der Waals surface area contributed by atoms with Gasteiger partial charge in [-0.2, -0.15) is 0 Å². The zero-order valence-corrected chi connectivity index (χ0v) is 17.0. The molecule has 1 heterocycles. The normalized spacial score (nSPS) is 16.0. The van der Waals surface area contributed by atoms with Gasteiger partial charge in [-0.25, -0.2) is 0 Å². The lowest BCUT2D eigenvalue weighted by Crippen LogP contribution is -2.43. The molecule has 1 aromatic rings. The highest BCUT2D eigenvalue weighted by molar-refractivity contribution is 14.0. The van der Waals surface area contributed by atoms with Crippen molar-refractivity contribution in [3.05, 3.63) is 33.5 Å². The molecule has 1 atom stereocenters. The molecular formula is C17H28IN3S. The summed E-state index contributed by atoms with van der Waals surface area (Å²) in [6.07, 6.45) is 8.45. The van der Waals surface area contributed by atoms with Crippen LogP contribution in [-0.4, -0.2) is 25.6 Å². The van der Waals surface area contributed by atoms with E-state index in [1.54, 1.807) is 5.57 Å². The highest BCUT2D eigenvalue weighted by Crippen LogP contribution is 2.19. The Bertz CT molecular complexity index is 508. The molecule has 22 heavy (non-hydrogen) atoms. The van der Waals surface area contributed by atoms with Gasteiger partial charge in [-0.15, -0.1) is 35.3 Å². The van der Waals surface area contributed by atoms with Crippen LogP contribution < -0.4 is 10.6 Å². The van der Waals surface area contributed by atoms with Crippen LogP contribution in [0.1, 0.15) is 42.4 Å². The molecule has 0 spiro atoms. The van der Waals surface area contributed by atoms with Crippen LogP contribution in [0, 0.1) is 6.92 Å². The smallest absolute Gasteiger partial charge is 0.191 e. The van der Waals surface area contributed by atoms with Crippen molar-refractivity contribution in [2.45, 2.75) is 52.0 Å². The van der Waals surface area contributed by atoms with Gasteiger partial charge in [0.05, 0.1) is 0 Å². The van der Waals surface area contributed by atoms with Crippen LogP contribution in [0.2, 0.25) is 0 Å². The van der Waals surface area contributed by atoms with Crippen molar-refractivity contribution in [3.8, 4) is 0 Å². The fourth-order valence-electron chi connectivity index (χ4n) is 2.68. The summed E-state index contributed by atoms with van der Waals surface area (Å²) in [6, 6.07) is 4.80. The Hall–Kier alpha value is -0.560. The number of halogens is 1. The second-order valence-electron chi connectivity index (χ2n) is 5.77. The van der Waals surface area contributed by atoms with Gasteiger partial charge < -0.3 is 10.6 Å². The molecule has 0 saturated carbocycles. The minimum Gasteiger partial charge on any atom is -0.356 e. The molecular weight excluding hydrogens is 405 g/mol. The van der Waals surface area contributed by atoms with E-state index in [1.807, 2.05) is 18.4 Å². The fraction of sp³-hybridized carbons (Fsp3) is 0.588. The predicted octanol–water partition coefficient (Wildman–Crippen LogP) is 4.27. The Labute approximate surface area is 155 Å². The molecule has 124 valence electrons. The highest BCUT2D eigenvalue weighted by Gasteiger charge is 2.08. The van der Waals surface area contributed by atoms with Gasteiger partial charge in [-0.05, 0) is 51.7 Å². The number of guanidine groups is 1. The van der Waals surface area contributed by atoms with E-state index in [1.165, 1.54) is 29.0 Å². The molecule has 3 nitrogen and oxygen atoms in total. The van der Waals surface area contributed by atoms with Crippen molar-refractivity contribution >= 4 is 41.3 Å². The summed E-state index contributed by atoms with van der Waals surface area (Å²) < 4.78 is 0. The second-order valence-corrected chi connectivity index (χ2v) is 7.14. The maximum atomic E-state index is 4.32. The van der Waals surface area contributed by atoms with Crippen molar-refractivity contribution < 1.29 is 0 Å². The molecule has 1 aromatic heterocycles. The van der Waals surface area contributed by atoms with Crippen molar-refractivity contribution in [1.29, 1.82) is 0 Å². The number of nitrogens with zero attached hydrogens (tertiary/aromatic N) is 1. The Kier molecular flexibility index (Phi) is 9.09. The van der Waals surface area contributed by atoms with Crippen LogP contribution >= 0.6 is 35.3 Å². The number of hydrogen-bond acceptors (Lipinski definition) is 2. The van der Waals surface area contributed by atoms with Crippen LogP contribution in [-0.2, 0) is 6.42 Å². The van der Waals surface area contributed by atoms with E-state index in [-0.39, 0.29) is 24.0 Å². The summed E-state index contributed by atoms with van der Waals surface area (Å²) in [7, 11) is 1.84. The average molecular weight is 433 g/mol. The van der Waals surface area contributed by atoms with Crippen molar-refractivity contribution in [3.63, 3.8) is 0 Å². The van der Waals surface area contributed by atoms with Crippen molar-refractivity contribution in [1.82, 2.24) is 10.6 Å². The van der Waals surface area contributed by atoms with Crippen LogP contribution in [0.5, 0.6) is 0 Å². The van der Waals surface area contributed by atoms with Gasteiger partial charge in [-0.3, -0.25) is 4.99 Å². The lowest BCUT2D eigenvalue weighted by molar-refractivity contribution is 0.643. The van der Waals surface area contributed by atoms with Gasteiger partial charge in [0.1, 0.15) is 0 Å². The molecule has 0 aliphatic heterocycles. The van der Waals surface area contributed by atoms with Gasteiger partial charge >= 0.3 is 0 Å². The molecule has 0 fully saturated rings. The van der Waals surface area contributed by atoms with E-state index in [0.717, 1.165) is 25.3 Å². The van der Waals surface area contributed by atoms with E-state index in [0.29, 0.717) is 6.04 Å². The summed E-state index contributed by atoms with van der Waals surface area (Å²) >= 11 is 1.88. The molecule has 1 aliphatic rings. The zero-order chi connectivity index (χ0) is 15.1. The standard InChI is InChI=1S/C17H27N3S.HI/c1-13(12-16-9-8-14(2)21-16)20-17(18-3)19-11-10-15-6-4-5-7-15;/h6,8-9,13H,4-5,7,10-12H2,1-3H3,(H2,18,19,20);1H. The Morgan fingerprint density at radius 1 is 1.41 bits per heavy atom. The number of aliphatic imine (C=N–C) groups is 1. The van der Waals surface area contributed by atoms with Gasteiger partial charge in [0.2, 0.25) is 0 Å². The van der Waals surface area contributed by atoms with E-state index in [9.17, 15) is 0 Å². The van der Waals surface area contributed by atoms with Gasteiger partial charge in [-0.1, -0.05) is 11.6 Å². The number of allylic oxidation sites excluding steroid dienone is 1. The Morgan fingerprint density at radius 3 is 2.82 bits per heavy atom. The molecule has 2 rings (SSSR count). The van der Waals surface area contributed by atoms with Crippen LogP contribution in [0.15, 0.2) is 28.8 Å². The number of rotatable bonds is 6. The first kappa shape index (κ1) is 19.5. The summed E-state index contributed by atoms with van der Waals surface area (Å²) in [5, 5.41) is 6.90. The summed E-state index contributed by atoms with van der Waals surface area (Å²) in [5.41, 5.74) is 1.60. The monoisotopic (exact) mass is 433 g/mol. The van der Waals surface area contributed by atoms with Gasteiger partial charge in [0.25, 0.3) is 0 Å². The third-order valence-electron chi connectivity index (χ3n) is 3.78. The van der Waals surface area contributed by atoms with Crippen molar-refractivity contribution in [2.24, 2.45) is 4.99 Å². The van der Waals surface area contributed by atoms with E-state index >= 15 is 0 Å². The number of nitrogens with one attached hydrogen (secondary N) is 2. The zero-order valence-electron chi connectivity index (χ0n) is 13.8. The summed E-state index contributed by atoms with van der Waals surface area (Å²) in [4.78, 5) is 7.13. The molecule has 0 amide bonds. The van der Waals surface area contributed by atoms with Crippen LogP contribution in [0.25, 0.3) is 0 Å². The van der Waals surface area contributed by atoms with Crippen molar-refractivity contribution in [2.75, 3.05) is 13.6 Å². The van der Waals surface area contributed by atoms with E-state index in [2.05, 4.69) is 47.7 Å². The molecule has 0 bridgehead atoms. The van der Waals surface area contributed by atoms with E-state index in [4.69, 9.17) is 0 Å². The van der Waals surface area contributed by atoms with E-state index < -0.39 is 0 Å². The lowest BCUT2D eigenvalue weighted by atomic mass is 10.2. The Balaban J connectivity index is 0.00000242. The lowest BCUT2D eigenvalue weighted by Gasteiger charge is -2.17. The quantitative estimate of drug-likeness (QED) is 0.304. The Morgan fingerprint density at radius 2 is 2.23 bits per heavy atom. The maximum absolute atomic E-state index is 4.32. The first-order valence-corrected chi connectivity index (χ1v) is 8.69. The van der Waals surface area contributed by atoms with Gasteiger partial charge in [0.15, 0.2) is 5.96 Å². The fourth-order valence-corrected chi connectivity index (χ4v) is 3.70. The average Bonchev–Trinajstić information content (AvgIpc) is 3.09. The number of thiophene rings is 1. The molecule has 2 N–H and O–H groups in total. The molecule has 0 radical (unpaired) electrons. The SMILES string of the molecule is CN=C(NCCC1=CCCC1)NC(C)Cc1ccc(C)s1.I. The summed E-state index contributed by atoms with van der Waals surface area (Å²) in [6.45, 7) is 5.34. The minimum atomic E-state index is 0. The predicted molar refractivity (Wildman–Crippen MR) is 109 cm³/mol. The molecule has 1 aliphatic carbocycles. The molecule has 0 aromatic carbocycles. The second kappa shape index (κ2) is 10.3. The molecule has 1 unspecified atom stereocenters. The third-order valence-corrected chi connectivity index (χ3v) is 4.81. The topological polar surface area (TPSA) is 36.4 Å². The molecule has 5 heteroatoms. The first-order chi connectivity index (χ1) is 10.2. The number of hydrogen-bond donors (Lipinski definition) is 2. The van der Waals surface area contributed by atoms with Crippen LogP contribution in [0.4, 0.5) is 0 Å².